The van der Waals surface area contributed by atoms with Crippen LogP contribution in [0, 0.1) is 39.3 Å². The van der Waals surface area contributed by atoms with Crippen molar-refractivity contribution in [3.05, 3.63) is 165 Å². The number of hydrogen-bond acceptors (Lipinski definition) is 2. The lowest BCUT2D eigenvalue weighted by Gasteiger charge is -2.20. The van der Waals surface area contributed by atoms with Crippen LogP contribution >= 0.6 is 0 Å². The highest BCUT2D eigenvalue weighted by molar-refractivity contribution is 6.37. The van der Waals surface area contributed by atoms with Crippen molar-refractivity contribution in [2.24, 2.45) is 0 Å². The van der Waals surface area contributed by atoms with Crippen molar-refractivity contribution in [3.63, 3.8) is 0 Å². The van der Waals surface area contributed by atoms with Gasteiger partial charge in [0.15, 0.2) is 0 Å². The standard InChI is InChI=1S/C44H36F2O2Si/c1-25-5-17-33-37(43(25)29-9-13-31(45)14-10-29)21-35(41-19-7-27(3)47-41)39(33)23-49-24-40-34-18-6-26(2)44(30-11-15-32(46)16-12-30)38(34)22-36(40)42-20-8-28(4)48-42/h5-22,39-40H,23-24H2,1-4H3. The second kappa shape index (κ2) is 12.5. The van der Waals surface area contributed by atoms with E-state index in [1.165, 1.54) is 57.7 Å². The molecule has 242 valence electrons. The number of rotatable bonds is 8. The van der Waals surface area contributed by atoms with Gasteiger partial charge < -0.3 is 8.83 Å². The lowest BCUT2D eigenvalue weighted by atomic mass is 9.90. The van der Waals surface area contributed by atoms with Gasteiger partial charge in [0.1, 0.15) is 34.7 Å². The predicted molar refractivity (Wildman–Crippen MR) is 197 cm³/mol. The highest BCUT2D eigenvalue weighted by atomic mass is 28.2. The molecule has 2 aromatic heterocycles. The summed E-state index contributed by atoms with van der Waals surface area (Å²) in [6, 6.07) is 32.8. The van der Waals surface area contributed by atoms with Crippen LogP contribution in [0.3, 0.4) is 0 Å². The van der Waals surface area contributed by atoms with E-state index in [1.807, 2.05) is 50.2 Å². The second-order valence-electron chi connectivity index (χ2n) is 13.3. The van der Waals surface area contributed by atoms with E-state index in [0.29, 0.717) is 9.52 Å². The summed E-state index contributed by atoms with van der Waals surface area (Å²) in [6.07, 6.45) is 4.60. The van der Waals surface area contributed by atoms with Crippen LogP contribution in [-0.2, 0) is 0 Å². The van der Waals surface area contributed by atoms with Gasteiger partial charge in [0.05, 0.1) is 0 Å². The zero-order chi connectivity index (χ0) is 33.8. The van der Waals surface area contributed by atoms with Crippen LogP contribution in [0.5, 0.6) is 0 Å². The minimum absolute atomic E-state index is 0.172. The van der Waals surface area contributed by atoms with Crippen molar-refractivity contribution in [1.82, 2.24) is 0 Å². The summed E-state index contributed by atoms with van der Waals surface area (Å²) >= 11 is 0. The number of aryl methyl sites for hydroxylation is 4. The van der Waals surface area contributed by atoms with Gasteiger partial charge in [-0.3, -0.25) is 0 Å². The van der Waals surface area contributed by atoms with Gasteiger partial charge in [-0.1, -0.05) is 48.5 Å². The van der Waals surface area contributed by atoms with Crippen LogP contribution in [0.15, 0.2) is 106 Å². The van der Waals surface area contributed by atoms with E-state index in [4.69, 9.17) is 8.83 Å². The number of allylic oxidation sites excluding steroid dienone is 2. The Bertz CT molecular complexity index is 2110. The summed E-state index contributed by atoms with van der Waals surface area (Å²) in [7, 11) is 0.653. The van der Waals surface area contributed by atoms with Crippen molar-refractivity contribution < 1.29 is 17.6 Å². The van der Waals surface area contributed by atoms with E-state index in [-0.39, 0.29) is 23.5 Å². The number of fused-ring (bicyclic) bond motifs is 2. The Morgan fingerprint density at radius 3 is 1.29 bits per heavy atom. The van der Waals surface area contributed by atoms with Gasteiger partial charge in [0, 0.05) is 32.5 Å². The Labute approximate surface area is 288 Å². The molecule has 0 spiro atoms. The molecule has 0 aliphatic heterocycles. The largest absolute Gasteiger partial charge is 0.462 e. The first-order valence-corrected chi connectivity index (χ1v) is 18.2. The Morgan fingerprint density at radius 1 is 0.510 bits per heavy atom. The second-order valence-corrected chi connectivity index (χ2v) is 14.6. The van der Waals surface area contributed by atoms with E-state index in [9.17, 15) is 8.78 Å². The molecule has 49 heavy (non-hydrogen) atoms. The molecule has 2 unspecified atom stereocenters. The van der Waals surface area contributed by atoms with Crippen molar-refractivity contribution in [1.29, 1.82) is 0 Å². The first kappa shape index (κ1) is 31.3. The smallest absolute Gasteiger partial charge is 0.130 e. The zero-order valence-electron chi connectivity index (χ0n) is 28.0. The molecule has 0 amide bonds. The molecule has 2 aliphatic rings. The molecule has 2 nitrogen and oxygen atoms in total. The van der Waals surface area contributed by atoms with Gasteiger partial charge in [-0.05, 0) is 156 Å². The third-order valence-electron chi connectivity index (χ3n) is 10.1. The minimum Gasteiger partial charge on any atom is -0.462 e. The fourth-order valence-electron chi connectivity index (χ4n) is 7.73. The molecule has 5 heteroatoms. The summed E-state index contributed by atoms with van der Waals surface area (Å²) in [5.74, 6) is 3.47. The maximum Gasteiger partial charge on any atom is 0.130 e. The average Bonchev–Trinajstić information content (AvgIpc) is 3.88. The number of hydrogen-bond donors (Lipinski definition) is 0. The minimum atomic E-state index is -0.234. The van der Waals surface area contributed by atoms with Gasteiger partial charge in [-0.15, -0.1) is 0 Å². The van der Waals surface area contributed by atoms with Crippen LogP contribution in [-0.4, -0.2) is 9.52 Å². The van der Waals surface area contributed by atoms with E-state index in [0.717, 1.165) is 68.5 Å². The Morgan fingerprint density at radius 2 is 0.918 bits per heavy atom. The van der Waals surface area contributed by atoms with Crippen LogP contribution in [0.2, 0.25) is 12.1 Å². The molecule has 4 aromatic carbocycles. The summed E-state index contributed by atoms with van der Waals surface area (Å²) in [6.45, 7) is 8.23. The molecule has 0 fully saturated rings. The molecule has 2 aliphatic carbocycles. The molecular formula is C44H36F2O2Si. The van der Waals surface area contributed by atoms with Crippen LogP contribution < -0.4 is 0 Å². The highest BCUT2D eigenvalue weighted by Gasteiger charge is 2.33. The fraction of sp³-hybridized carbons (Fsp3) is 0.182. The number of benzene rings is 4. The highest BCUT2D eigenvalue weighted by Crippen LogP contribution is 2.51. The lowest BCUT2D eigenvalue weighted by Crippen LogP contribution is -2.08. The topological polar surface area (TPSA) is 26.3 Å². The Kier molecular flexibility index (Phi) is 7.96. The van der Waals surface area contributed by atoms with Gasteiger partial charge >= 0.3 is 0 Å². The summed E-state index contributed by atoms with van der Waals surface area (Å²) in [4.78, 5) is 0. The zero-order valence-corrected chi connectivity index (χ0v) is 29.0. The molecule has 0 bridgehead atoms. The van der Waals surface area contributed by atoms with Crippen molar-refractivity contribution in [2.45, 2.75) is 51.6 Å². The third kappa shape index (κ3) is 5.66. The average molecular weight is 663 g/mol. The monoisotopic (exact) mass is 662 g/mol. The van der Waals surface area contributed by atoms with Gasteiger partial charge in [-0.2, -0.15) is 0 Å². The maximum absolute atomic E-state index is 13.9. The van der Waals surface area contributed by atoms with Crippen molar-refractivity contribution in [3.8, 4) is 22.3 Å². The molecule has 0 saturated carbocycles. The summed E-state index contributed by atoms with van der Waals surface area (Å²) in [5, 5.41) is 0. The SMILES string of the molecule is Cc1ccc(C2=Cc3c(ccc(C)c3-c3ccc(F)cc3)C2C[Si]CC2C(c3ccc(C)o3)=Cc3c2ccc(C)c3-c2ccc(F)cc2)o1. The quantitative estimate of drug-likeness (QED) is 0.152. The van der Waals surface area contributed by atoms with Crippen LogP contribution in [0.1, 0.15) is 68.3 Å². The Hall–Kier alpha value is -5.00. The van der Waals surface area contributed by atoms with Gasteiger partial charge in [-0.25, -0.2) is 8.78 Å². The molecule has 2 heterocycles. The van der Waals surface area contributed by atoms with Gasteiger partial charge in [0.2, 0.25) is 0 Å². The van der Waals surface area contributed by atoms with E-state index in [1.54, 1.807) is 0 Å². The van der Waals surface area contributed by atoms with E-state index < -0.39 is 0 Å². The molecule has 2 atom stereocenters. The molecule has 8 rings (SSSR count). The summed E-state index contributed by atoms with van der Waals surface area (Å²) in [5.41, 5.74) is 14.0. The van der Waals surface area contributed by atoms with E-state index in [2.05, 4.69) is 62.4 Å². The molecule has 6 aromatic rings. The molecular weight excluding hydrogens is 627 g/mol. The molecule has 0 saturated heterocycles. The Balaban J connectivity index is 1.15. The number of halogens is 2. The van der Waals surface area contributed by atoms with Crippen molar-refractivity contribution >= 4 is 32.8 Å². The molecule has 0 N–H and O–H groups in total. The fourth-order valence-corrected chi connectivity index (χ4v) is 9.36. The predicted octanol–water partition coefficient (Wildman–Crippen LogP) is 12.2. The summed E-state index contributed by atoms with van der Waals surface area (Å²) < 4.78 is 40.3. The third-order valence-corrected chi connectivity index (χ3v) is 11.5. The normalized spacial score (nSPS) is 16.4. The first-order chi connectivity index (χ1) is 23.7. The van der Waals surface area contributed by atoms with Crippen LogP contribution in [0.25, 0.3) is 45.6 Å². The molecule has 2 radical (unpaired) electrons. The van der Waals surface area contributed by atoms with Crippen LogP contribution in [0.4, 0.5) is 8.78 Å². The van der Waals surface area contributed by atoms with E-state index >= 15 is 0 Å². The lowest BCUT2D eigenvalue weighted by molar-refractivity contribution is 0.518. The number of furan rings is 2. The maximum atomic E-state index is 13.9. The first-order valence-electron chi connectivity index (χ1n) is 16.8. The van der Waals surface area contributed by atoms with Crippen molar-refractivity contribution in [2.75, 3.05) is 0 Å². The van der Waals surface area contributed by atoms with Gasteiger partial charge in [0.25, 0.3) is 0 Å².